The first-order valence-corrected chi connectivity index (χ1v) is 6.24. The molecule has 1 fully saturated rings. The van der Waals surface area contributed by atoms with E-state index in [0.29, 0.717) is 4.90 Å². The van der Waals surface area contributed by atoms with Gasteiger partial charge in [-0.1, -0.05) is 0 Å². The molecule has 1 aromatic rings. The predicted molar refractivity (Wildman–Crippen MR) is 66.3 cm³/mol. The van der Waals surface area contributed by atoms with Crippen LogP contribution in [0.5, 0.6) is 0 Å². The minimum absolute atomic E-state index is 0.191. The molecular formula is C10H10BrN3O6. The van der Waals surface area contributed by atoms with Gasteiger partial charge in [0.1, 0.15) is 6.04 Å². The molecular weight excluding hydrogens is 338 g/mol. The summed E-state index contributed by atoms with van der Waals surface area (Å²) in [5, 5.41) is 27.6. The topological polar surface area (TPSA) is 133 Å². The van der Waals surface area contributed by atoms with Crippen LogP contribution >= 0.6 is 15.9 Å². The van der Waals surface area contributed by atoms with Crippen molar-refractivity contribution in [2.75, 3.05) is 6.54 Å². The summed E-state index contributed by atoms with van der Waals surface area (Å²) >= 11 is 3.07. The van der Waals surface area contributed by atoms with Gasteiger partial charge in [-0.25, -0.2) is 19.4 Å². The van der Waals surface area contributed by atoms with Gasteiger partial charge in [0.25, 0.3) is 0 Å². The van der Waals surface area contributed by atoms with Crippen molar-refractivity contribution in [1.29, 1.82) is 0 Å². The summed E-state index contributed by atoms with van der Waals surface area (Å²) in [6.45, 7) is -0.469. The van der Waals surface area contributed by atoms with Crippen LogP contribution in [0.2, 0.25) is 0 Å². The number of hydrogen-bond donors (Lipinski definition) is 3. The fourth-order valence-corrected chi connectivity index (χ4v) is 2.92. The highest BCUT2D eigenvalue weighted by Gasteiger charge is 2.55. The molecule has 0 saturated carbocycles. The molecule has 1 amide bonds. The Bertz CT molecular complexity index is 563. The van der Waals surface area contributed by atoms with Crippen molar-refractivity contribution in [3.8, 4) is 0 Å². The van der Waals surface area contributed by atoms with Crippen LogP contribution in [0.3, 0.4) is 0 Å². The molecule has 108 valence electrons. The van der Waals surface area contributed by atoms with E-state index in [0.717, 1.165) is 0 Å². The lowest BCUT2D eigenvalue weighted by Gasteiger charge is -2.26. The zero-order valence-electron chi connectivity index (χ0n) is 9.93. The molecule has 2 rings (SSSR count). The van der Waals surface area contributed by atoms with Crippen LogP contribution in [0, 0.1) is 0 Å². The van der Waals surface area contributed by atoms with Gasteiger partial charge < -0.3 is 19.9 Å². The Labute approximate surface area is 120 Å². The van der Waals surface area contributed by atoms with E-state index in [4.69, 9.17) is 10.2 Å². The van der Waals surface area contributed by atoms with Crippen molar-refractivity contribution in [2.45, 2.75) is 18.0 Å². The number of amides is 1. The number of rotatable bonds is 3. The molecule has 10 heteroatoms. The minimum atomic E-state index is -1.70. The molecule has 0 bridgehead atoms. The molecule has 9 nitrogen and oxygen atoms in total. The van der Waals surface area contributed by atoms with Crippen LogP contribution in [0.4, 0.5) is 4.79 Å². The number of imidazole rings is 1. The van der Waals surface area contributed by atoms with Gasteiger partial charge in [-0.3, -0.25) is 4.90 Å². The molecule has 0 unspecified atom stereocenters. The van der Waals surface area contributed by atoms with Gasteiger partial charge in [0.2, 0.25) is 0 Å². The van der Waals surface area contributed by atoms with E-state index >= 15 is 0 Å². The van der Waals surface area contributed by atoms with Crippen LogP contribution in [-0.2, 0) is 15.1 Å². The Kier molecular flexibility index (Phi) is 3.42. The Morgan fingerprint density at radius 3 is 2.35 bits per heavy atom. The van der Waals surface area contributed by atoms with Crippen LogP contribution in [0.1, 0.15) is 6.42 Å². The van der Waals surface area contributed by atoms with Crippen LogP contribution in [0.25, 0.3) is 0 Å². The molecule has 3 N–H and O–H groups in total. The van der Waals surface area contributed by atoms with Gasteiger partial charge in [0.15, 0.2) is 10.3 Å². The zero-order valence-corrected chi connectivity index (χ0v) is 11.5. The second kappa shape index (κ2) is 4.78. The van der Waals surface area contributed by atoms with Crippen molar-refractivity contribution in [1.82, 2.24) is 14.5 Å². The quantitative estimate of drug-likeness (QED) is 0.714. The van der Waals surface area contributed by atoms with Crippen molar-refractivity contribution in [3.05, 3.63) is 17.1 Å². The Morgan fingerprint density at radius 2 is 2.00 bits per heavy atom. The molecule has 0 spiro atoms. The molecule has 0 aromatic carbocycles. The molecule has 1 saturated heterocycles. The van der Waals surface area contributed by atoms with Gasteiger partial charge in [0, 0.05) is 18.8 Å². The number of halogens is 1. The van der Waals surface area contributed by atoms with E-state index in [1.165, 1.54) is 17.0 Å². The molecule has 1 aliphatic rings. The summed E-state index contributed by atoms with van der Waals surface area (Å²) in [7, 11) is 0. The Balaban J connectivity index is 2.52. The Morgan fingerprint density at radius 1 is 1.35 bits per heavy atom. The summed E-state index contributed by atoms with van der Waals surface area (Å²) in [6, 6.07) is -1.42. The van der Waals surface area contributed by atoms with Gasteiger partial charge in [-0.05, 0) is 15.9 Å². The summed E-state index contributed by atoms with van der Waals surface area (Å²) in [5.74, 6) is -2.70. The monoisotopic (exact) mass is 347 g/mol. The maximum atomic E-state index is 11.6. The van der Waals surface area contributed by atoms with Crippen molar-refractivity contribution < 1.29 is 29.7 Å². The van der Waals surface area contributed by atoms with Gasteiger partial charge in [0.05, 0.1) is 6.54 Å². The first-order chi connectivity index (χ1) is 9.29. The number of nitrogens with zero attached hydrogens (tertiary/aromatic N) is 3. The number of likely N-dealkylation sites (tertiary alicyclic amines) is 1. The van der Waals surface area contributed by atoms with E-state index in [-0.39, 0.29) is 11.2 Å². The summed E-state index contributed by atoms with van der Waals surface area (Å²) in [5.41, 5.74) is -1.70. The number of carboxylic acid groups (broad SMARTS) is 3. The third-order valence-corrected chi connectivity index (χ3v) is 3.91. The molecule has 0 radical (unpaired) electrons. The molecule has 2 heterocycles. The van der Waals surface area contributed by atoms with E-state index in [2.05, 4.69) is 20.9 Å². The van der Waals surface area contributed by atoms with Crippen molar-refractivity contribution in [2.24, 2.45) is 0 Å². The maximum absolute atomic E-state index is 11.6. The fourth-order valence-electron chi connectivity index (χ4n) is 2.35. The lowest BCUT2D eigenvalue weighted by molar-refractivity contribution is -0.147. The normalized spacial score (nSPS) is 25.6. The summed E-state index contributed by atoms with van der Waals surface area (Å²) < 4.78 is 1.42. The largest absolute Gasteiger partial charge is 0.480 e. The fraction of sp³-hybridized carbons (Fsp3) is 0.400. The average molecular weight is 348 g/mol. The Hall–Kier alpha value is -2.10. The van der Waals surface area contributed by atoms with Crippen LogP contribution < -0.4 is 0 Å². The third kappa shape index (κ3) is 2.01. The number of aromatic nitrogens is 2. The van der Waals surface area contributed by atoms with E-state index in [9.17, 15) is 19.5 Å². The lowest BCUT2D eigenvalue weighted by Crippen LogP contribution is -2.45. The lowest BCUT2D eigenvalue weighted by atomic mass is 9.96. The third-order valence-electron chi connectivity index (χ3n) is 3.32. The smallest absolute Gasteiger partial charge is 0.408 e. The highest BCUT2D eigenvalue weighted by atomic mass is 79.9. The second-order valence-electron chi connectivity index (χ2n) is 4.37. The maximum Gasteiger partial charge on any atom is 0.408 e. The summed E-state index contributed by atoms with van der Waals surface area (Å²) in [6.07, 6.45) is 0.854. The number of aliphatic carboxylic acids is 2. The standard InChI is InChI=1S/C10H10BrN3O6/c11-8-12-1-2-14(8)10(7(17)18)3-5(6(15)16)13(4-10)9(19)20/h1-2,5H,3-4H2,(H,15,16)(H,17,18)(H,19,20)/t5-,10+/m0/s1. The van der Waals surface area contributed by atoms with Gasteiger partial charge in [-0.2, -0.15) is 0 Å². The number of carboxylic acids is 2. The molecule has 1 aromatic heterocycles. The molecule has 20 heavy (non-hydrogen) atoms. The molecule has 0 aliphatic carbocycles. The van der Waals surface area contributed by atoms with Gasteiger partial charge >= 0.3 is 18.0 Å². The van der Waals surface area contributed by atoms with E-state index < -0.39 is 36.2 Å². The number of carbonyl (C=O) groups is 3. The van der Waals surface area contributed by atoms with Crippen LogP contribution in [-0.4, -0.2) is 60.4 Å². The van der Waals surface area contributed by atoms with Crippen molar-refractivity contribution in [3.63, 3.8) is 0 Å². The van der Waals surface area contributed by atoms with E-state index in [1.54, 1.807) is 0 Å². The summed E-state index contributed by atoms with van der Waals surface area (Å²) in [4.78, 5) is 38.3. The number of hydrogen-bond acceptors (Lipinski definition) is 4. The highest BCUT2D eigenvalue weighted by molar-refractivity contribution is 9.10. The molecule has 1 aliphatic heterocycles. The van der Waals surface area contributed by atoms with Crippen molar-refractivity contribution >= 4 is 34.0 Å². The zero-order chi connectivity index (χ0) is 15.1. The minimum Gasteiger partial charge on any atom is -0.480 e. The van der Waals surface area contributed by atoms with E-state index in [1.807, 2.05) is 0 Å². The predicted octanol–water partition coefficient (Wildman–Crippen LogP) is 0.262. The highest BCUT2D eigenvalue weighted by Crippen LogP contribution is 2.36. The average Bonchev–Trinajstić information content (AvgIpc) is 2.93. The van der Waals surface area contributed by atoms with Gasteiger partial charge in [-0.15, -0.1) is 0 Å². The van der Waals surface area contributed by atoms with Crippen LogP contribution in [0.15, 0.2) is 17.1 Å². The molecule has 2 atom stereocenters. The SMILES string of the molecule is O=C(O)[C@@H]1C[C@@](C(=O)O)(n2ccnc2Br)CN1C(=O)O. The first-order valence-electron chi connectivity index (χ1n) is 5.44. The second-order valence-corrected chi connectivity index (χ2v) is 5.08. The first kappa shape index (κ1) is 14.3.